The van der Waals surface area contributed by atoms with Crippen molar-refractivity contribution in [2.75, 3.05) is 6.26 Å². The van der Waals surface area contributed by atoms with E-state index in [0.29, 0.717) is 0 Å². The topological polar surface area (TPSA) is 63.2 Å². The van der Waals surface area contributed by atoms with Crippen molar-refractivity contribution in [3.63, 3.8) is 0 Å². The molecule has 0 saturated heterocycles. The van der Waals surface area contributed by atoms with Gasteiger partial charge in [-0.05, 0) is 11.6 Å². The number of halogens is 3. The lowest BCUT2D eigenvalue weighted by Gasteiger charge is -2.10. The van der Waals surface area contributed by atoms with Gasteiger partial charge in [-0.1, -0.05) is 18.2 Å². The zero-order valence-electron chi connectivity index (χ0n) is 9.28. The Hall–Kier alpha value is -1.57. The minimum atomic E-state index is -4.99. The highest BCUT2D eigenvalue weighted by molar-refractivity contribution is 7.90. The maximum absolute atomic E-state index is 12.0. The van der Waals surface area contributed by atoms with Gasteiger partial charge < -0.3 is 5.32 Å². The van der Waals surface area contributed by atoms with Gasteiger partial charge in [0, 0.05) is 12.8 Å². The van der Waals surface area contributed by atoms with Gasteiger partial charge in [0.05, 0.1) is 4.90 Å². The average Bonchev–Trinajstić information content (AvgIpc) is 2.23. The van der Waals surface area contributed by atoms with Crippen LogP contribution in [0.25, 0.3) is 0 Å². The number of carbonyl (C=O) groups excluding carboxylic acids is 1. The van der Waals surface area contributed by atoms with Crippen molar-refractivity contribution < 1.29 is 26.4 Å². The minimum absolute atomic E-state index is 0.104. The van der Waals surface area contributed by atoms with Crippen LogP contribution >= 0.6 is 0 Å². The van der Waals surface area contributed by atoms with E-state index in [-0.39, 0.29) is 10.5 Å². The summed E-state index contributed by atoms with van der Waals surface area (Å²) in [6.45, 7) is -0.498. The van der Waals surface area contributed by atoms with E-state index in [1.807, 2.05) is 0 Å². The van der Waals surface area contributed by atoms with Gasteiger partial charge in [0.15, 0.2) is 9.84 Å². The Bertz CT molecular complexity index is 552. The first-order valence-electron chi connectivity index (χ1n) is 4.75. The van der Waals surface area contributed by atoms with Crippen molar-refractivity contribution >= 4 is 15.7 Å². The van der Waals surface area contributed by atoms with Crippen molar-refractivity contribution in [2.24, 2.45) is 0 Å². The molecule has 0 aromatic heterocycles. The molecule has 1 aromatic carbocycles. The van der Waals surface area contributed by atoms with Crippen LogP contribution in [0, 0.1) is 0 Å². The molecule has 0 saturated carbocycles. The molecule has 0 aliphatic carbocycles. The molecule has 100 valence electrons. The molecule has 1 aromatic rings. The first-order valence-corrected chi connectivity index (χ1v) is 6.64. The summed E-state index contributed by atoms with van der Waals surface area (Å²) in [4.78, 5) is 10.5. The molecule has 0 fully saturated rings. The molecule has 8 heteroatoms. The SMILES string of the molecule is CS(=O)(=O)c1ccccc1CNC(=O)C(F)(F)F. The average molecular weight is 281 g/mol. The maximum Gasteiger partial charge on any atom is 0.471 e. The number of nitrogens with one attached hydrogen (secondary N) is 1. The number of amides is 1. The Morgan fingerprint density at radius 3 is 2.33 bits per heavy atom. The first kappa shape index (κ1) is 14.5. The highest BCUT2D eigenvalue weighted by Crippen LogP contribution is 2.17. The molecule has 18 heavy (non-hydrogen) atoms. The highest BCUT2D eigenvalue weighted by atomic mass is 32.2. The van der Waals surface area contributed by atoms with Crippen LogP contribution in [0.2, 0.25) is 0 Å². The monoisotopic (exact) mass is 281 g/mol. The molecular weight excluding hydrogens is 271 g/mol. The third-order valence-electron chi connectivity index (χ3n) is 2.07. The smallest absolute Gasteiger partial charge is 0.344 e. The number of carbonyl (C=O) groups is 1. The van der Waals surface area contributed by atoms with Crippen LogP contribution in [0.4, 0.5) is 13.2 Å². The van der Waals surface area contributed by atoms with E-state index in [9.17, 15) is 26.4 Å². The molecule has 0 aliphatic heterocycles. The largest absolute Gasteiger partial charge is 0.471 e. The van der Waals surface area contributed by atoms with Crippen molar-refractivity contribution in [1.82, 2.24) is 5.32 Å². The molecule has 0 aliphatic rings. The van der Waals surface area contributed by atoms with E-state index in [4.69, 9.17) is 0 Å². The van der Waals surface area contributed by atoms with Crippen LogP contribution in [-0.4, -0.2) is 26.8 Å². The summed E-state index contributed by atoms with van der Waals surface area (Å²) in [7, 11) is -3.55. The number of hydrogen-bond donors (Lipinski definition) is 1. The molecule has 4 nitrogen and oxygen atoms in total. The summed E-state index contributed by atoms with van der Waals surface area (Å²) in [5, 5.41) is 1.62. The molecular formula is C10H10F3NO3S. The molecule has 0 bridgehead atoms. The van der Waals surface area contributed by atoms with Crippen LogP contribution in [0.15, 0.2) is 29.2 Å². The van der Waals surface area contributed by atoms with Crippen molar-refractivity contribution in [2.45, 2.75) is 17.6 Å². The summed E-state index contributed by atoms with van der Waals surface area (Å²) in [6.07, 6.45) is -4.04. The number of rotatable bonds is 3. The normalized spacial score (nSPS) is 12.2. The van der Waals surface area contributed by atoms with Gasteiger partial charge in [-0.25, -0.2) is 8.42 Å². The molecule has 0 unspecified atom stereocenters. The van der Waals surface area contributed by atoms with E-state index in [1.54, 1.807) is 5.32 Å². The number of benzene rings is 1. The van der Waals surface area contributed by atoms with E-state index >= 15 is 0 Å². The fourth-order valence-corrected chi connectivity index (χ4v) is 2.23. The first-order chi connectivity index (χ1) is 8.12. The minimum Gasteiger partial charge on any atom is -0.344 e. The Morgan fingerprint density at radius 2 is 1.83 bits per heavy atom. The zero-order chi connectivity index (χ0) is 14.0. The fourth-order valence-electron chi connectivity index (χ4n) is 1.29. The number of alkyl halides is 3. The molecule has 1 rings (SSSR count). The van der Waals surface area contributed by atoms with E-state index in [1.165, 1.54) is 24.3 Å². The summed E-state index contributed by atoms with van der Waals surface area (Å²) in [5.74, 6) is -2.11. The molecule has 1 amide bonds. The zero-order valence-corrected chi connectivity index (χ0v) is 10.1. The van der Waals surface area contributed by atoms with Crippen LogP contribution < -0.4 is 5.32 Å². The summed E-state index contributed by atoms with van der Waals surface area (Å²) in [6, 6.07) is 5.53. The summed E-state index contributed by atoms with van der Waals surface area (Å²) >= 11 is 0. The van der Waals surface area contributed by atoms with Gasteiger partial charge in [-0.15, -0.1) is 0 Å². The van der Waals surface area contributed by atoms with E-state index in [0.717, 1.165) is 6.26 Å². The van der Waals surface area contributed by atoms with Crippen molar-refractivity contribution in [1.29, 1.82) is 0 Å². The van der Waals surface area contributed by atoms with Crippen molar-refractivity contribution in [3.8, 4) is 0 Å². The lowest BCUT2D eigenvalue weighted by atomic mass is 10.2. The molecule has 0 heterocycles. The second-order valence-corrected chi connectivity index (χ2v) is 5.54. The van der Waals surface area contributed by atoms with Crippen LogP contribution in [0.1, 0.15) is 5.56 Å². The Morgan fingerprint density at radius 1 is 1.28 bits per heavy atom. The van der Waals surface area contributed by atoms with Crippen LogP contribution in [-0.2, 0) is 21.2 Å². The van der Waals surface area contributed by atoms with Crippen LogP contribution in [0.5, 0.6) is 0 Å². The molecule has 0 atom stereocenters. The Kier molecular flexibility index (Phi) is 4.00. The maximum atomic E-state index is 12.0. The standard InChI is InChI=1S/C10H10F3NO3S/c1-18(16,17)8-5-3-2-4-7(8)6-14-9(15)10(11,12)13/h2-5H,6H2,1H3,(H,14,15). The van der Waals surface area contributed by atoms with Crippen molar-refractivity contribution in [3.05, 3.63) is 29.8 Å². The molecule has 0 spiro atoms. The van der Waals surface area contributed by atoms with Gasteiger partial charge in [-0.3, -0.25) is 4.79 Å². The molecule has 1 N–H and O–H groups in total. The Balaban J connectivity index is 2.91. The van der Waals surface area contributed by atoms with Gasteiger partial charge in [0.1, 0.15) is 0 Å². The number of hydrogen-bond acceptors (Lipinski definition) is 3. The quantitative estimate of drug-likeness (QED) is 0.907. The molecule has 0 radical (unpaired) electrons. The Labute approximate surface area is 102 Å². The fraction of sp³-hybridized carbons (Fsp3) is 0.300. The predicted octanol–water partition coefficient (Wildman–Crippen LogP) is 1.27. The summed E-state index contributed by atoms with van der Waals surface area (Å²) in [5.41, 5.74) is 0.109. The highest BCUT2D eigenvalue weighted by Gasteiger charge is 2.38. The second kappa shape index (κ2) is 4.97. The van der Waals surface area contributed by atoms with Gasteiger partial charge in [-0.2, -0.15) is 13.2 Å². The third kappa shape index (κ3) is 3.73. The van der Waals surface area contributed by atoms with Gasteiger partial charge >= 0.3 is 12.1 Å². The second-order valence-electron chi connectivity index (χ2n) is 3.56. The lowest BCUT2D eigenvalue weighted by molar-refractivity contribution is -0.173. The summed E-state index contributed by atoms with van der Waals surface area (Å²) < 4.78 is 58.6. The number of sulfone groups is 1. The predicted molar refractivity (Wildman–Crippen MR) is 57.5 cm³/mol. The van der Waals surface area contributed by atoms with Crippen LogP contribution in [0.3, 0.4) is 0 Å². The van der Waals surface area contributed by atoms with Gasteiger partial charge in [0.25, 0.3) is 0 Å². The third-order valence-corrected chi connectivity index (χ3v) is 3.27. The van der Waals surface area contributed by atoms with E-state index < -0.39 is 28.5 Å². The lowest BCUT2D eigenvalue weighted by Crippen LogP contribution is -2.36. The van der Waals surface area contributed by atoms with E-state index in [2.05, 4.69) is 0 Å². The van der Waals surface area contributed by atoms with Gasteiger partial charge in [0.2, 0.25) is 0 Å².